The zero-order chi connectivity index (χ0) is 19.8. The maximum Gasteiger partial charge on any atom is 0.175 e. The molecule has 27 heavy (non-hydrogen) atoms. The normalized spacial score (nSPS) is 12.3. The summed E-state index contributed by atoms with van der Waals surface area (Å²) in [6, 6.07) is 11.3. The molecule has 2 heterocycles. The van der Waals surface area contributed by atoms with Gasteiger partial charge in [0.2, 0.25) is 0 Å². The lowest BCUT2D eigenvalue weighted by Gasteiger charge is -2.07. The lowest BCUT2D eigenvalue weighted by molar-refractivity contribution is 0.602. The lowest BCUT2D eigenvalue weighted by Crippen LogP contribution is -2.03. The first-order chi connectivity index (χ1) is 12.6. The average molecular weight is 403 g/mol. The molecule has 0 saturated heterocycles. The van der Waals surface area contributed by atoms with Crippen molar-refractivity contribution < 1.29 is 8.42 Å². The van der Waals surface area contributed by atoms with Crippen molar-refractivity contribution in [2.45, 2.75) is 44.9 Å². The first kappa shape index (κ1) is 19.8. The van der Waals surface area contributed by atoms with E-state index >= 15 is 0 Å². The van der Waals surface area contributed by atoms with Gasteiger partial charge in [0, 0.05) is 23.8 Å². The van der Waals surface area contributed by atoms with Crippen molar-refractivity contribution in [1.29, 1.82) is 0 Å². The number of hydrogen-bond acceptors (Lipinski definition) is 4. The molecule has 3 rings (SSSR count). The molecule has 0 aliphatic heterocycles. The molecule has 0 unspecified atom stereocenters. The highest BCUT2D eigenvalue weighted by Crippen LogP contribution is 2.33. The van der Waals surface area contributed by atoms with Crippen LogP contribution in [0, 0.1) is 5.92 Å². The molecule has 1 aromatic carbocycles. The molecule has 0 saturated carbocycles. The topological polar surface area (TPSA) is 52.0 Å². The van der Waals surface area contributed by atoms with E-state index in [-0.39, 0.29) is 0 Å². The predicted molar refractivity (Wildman–Crippen MR) is 113 cm³/mol. The number of nitrogens with zero attached hydrogens (tertiary/aromatic N) is 2. The van der Waals surface area contributed by atoms with Crippen LogP contribution < -0.4 is 0 Å². The minimum absolute atomic E-state index is 0.347. The standard InChI is InChI=1S/C21H26N2O2S2/c1-14(2)11-20-22-18(15(3)4)13-23(20)21-10-9-19(26-21)16-7-6-8-17(12-16)27(5,24)25/h6-10,12-15H,11H2,1-5H3. The second kappa shape index (κ2) is 7.60. The molecule has 4 nitrogen and oxygen atoms in total. The van der Waals surface area contributed by atoms with Crippen LogP contribution in [0.25, 0.3) is 15.4 Å². The first-order valence-electron chi connectivity index (χ1n) is 9.14. The van der Waals surface area contributed by atoms with Crippen LogP contribution in [-0.2, 0) is 16.3 Å². The third kappa shape index (κ3) is 4.50. The fraction of sp³-hybridized carbons (Fsp3) is 0.381. The molecule has 0 bridgehead atoms. The molecule has 6 heteroatoms. The quantitative estimate of drug-likeness (QED) is 0.560. The van der Waals surface area contributed by atoms with Crippen molar-refractivity contribution >= 4 is 21.2 Å². The Hall–Kier alpha value is -1.92. The van der Waals surface area contributed by atoms with Crippen LogP contribution in [0.2, 0.25) is 0 Å². The van der Waals surface area contributed by atoms with Gasteiger partial charge in [-0.25, -0.2) is 13.4 Å². The fourth-order valence-electron chi connectivity index (χ4n) is 2.91. The summed E-state index contributed by atoms with van der Waals surface area (Å²) in [6.07, 6.45) is 4.29. The number of rotatable bonds is 6. The molecule has 0 fully saturated rings. The molecule has 0 aliphatic carbocycles. The Kier molecular flexibility index (Phi) is 5.58. The van der Waals surface area contributed by atoms with Crippen LogP contribution in [0.4, 0.5) is 0 Å². The largest absolute Gasteiger partial charge is 0.295 e. The fourth-order valence-corrected chi connectivity index (χ4v) is 4.57. The van der Waals surface area contributed by atoms with E-state index in [1.807, 2.05) is 6.07 Å². The molecule has 0 radical (unpaired) electrons. The second-order valence-electron chi connectivity index (χ2n) is 7.64. The summed E-state index contributed by atoms with van der Waals surface area (Å²) in [5.41, 5.74) is 2.02. The Labute approximate surface area is 165 Å². The van der Waals surface area contributed by atoms with E-state index in [0.29, 0.717) is 16.7 Å². The minimum Gasteiger partial charge on any atom is -0.295 e. The Bertz CT molecular complexity index is 1040. The van der Waals surface area contributed by atoms with E-state index in [2.05, 4.69) is 50.6 Å². The zero-order valence-corrected chi connectivity index (χ0v) is 18.1. The molecule has 0 atom stereocenters. The smallest absolute Gasteiger partial charge is 0.175 e. The maximum atomic E-state index is 11.8. The van der Waals surface area contributed by atoms with Gasteiger partial charge in [0.05, 0.1) is 10.6 Å². The predicted octanol–water partition coefficient (Wildman–Crippen LogP) is 5.33. The molecule has 3 aromatic rings. The van der Waals surface area contributed by atoms with Gasteiger partial charge >= 0.3 is 0 Å². The first-order valence-corrected chi connectivity index (χ1v) is 11.8. The summed E-state index contributed by atoms with van der Waals surface area (Å²) in [7, 11) is -3.22. The van der Waals surface area contributed by atoms with Crippen LogP contribution in [0.5, 0.6) is 0 Å². The number of thiophene rings is 1. The molecule has 144 valence electrons. The van der Waals surface area contributed by atoms with Gasteiger partial charge < -0.3 is 0 Å². The van der Waals surface area contributed by atoms with Crippen LogP contribution >= 0.6 is 11.3 Å². The summed E-state index contributed by atoms with van der Waals surface area (Å²) in [5, 5.41) is 1.10. The highest BCUT2D eigenvalue weighted by atomic mass is 32.2. The number of benzene rings is 1. The summed E-state index contributed by atoms with van der Waals surface area (Å²) >= 11 is 1.65. The Morgan fingerprint density at radius 2 is 1.85 bits per heavy atom. The van der Waals surface area contributed by atoms with E-state index in [1.165, 1.54) is 6.26 Å². The van der Waals surface area contributed by atoms with E-state index in [9.17, 15) is 8.42 Å². The Morgan fingerprint density at radius 3 is 2.48 bits per heavy atom. The average Bonchev–Trinajstić information content (AvgIpc) is 3.20. The van der Waals surface area contributed by atoms with Gasteiger partial charge in [0.15, 0.2) is 9.84 Å². The van der Waals surface area contributed by atoms with E-state index in [0.717, 1.165) is 33.4 Å². The van der Waals surface area contributed by atoms with Gasteiger partial charge in [-0.15, -0.1) is 11.3 Å². The van der Waals surface area contributed by atoms with Gasteiger partial charge in [0.25, 0.3) is 0 Å². The minimum atomic E-state index is -3.22. The SMILES string of the molecule is CC(C)Cc1nc(C(C)C)cn1-c1ccc(-c2cccc(S(C)(=O)=O)c2)s1. The third-order valence-electron chi connectivity index (χ3n) is 4.36. The lowest BCUT2D eigenvalue weighted by atomic mass is 10.1. The summed E-state index contributed by atoms with van der Waals surface area (Å²) in [4.78, 5) is 6.24. The third-order valence-corrected chi connectivity index (χ3v) is 6.60. The van der Waals surface area contributed by atoms with Gasteiger partial charge in [-0.05, 0) is 41.7 Å². The van der Waals surface area contributed by atoms with E-state index in [4.69, 9.17) is 4.98 Å². The van der Waals surface area contributed by atoms with Gasteiger partial charge in [-0.2, -0.15) is 0 Å². The molecule has 0 amide bonds. The molecule has 2 aromatic heterocycles. The van der Waals surface area contributed by atoms with Crippen LogP contribution in [0.1, 0.15) is 45.1 Å². The number of imidazole rings is 1. The summed E-state index contributed by atoms with van der Waals surface area (Å²) in [5.74, 6) is 1.98. The monoisotopic (exact) mass is 402 g/mol. The molecule has 0 aliphatic rings. The highest BCUT2D eigenvalue weighted by Gasteiger charge is 2.16. The number of hydrogen-bond donors (Lipinski definition) is 0. The highest BCUT2D eigenvalue weighted by molar-refractivity contribution is 7.90. The molecular formula is C21H26N2O2S2. The summed E-state index contributed by atoms with van der Waals surface area (Å²) < 4.78 is 25.9. The molecule has 0 spiro atoms. The zero-order valence-electron chi connectivity index (χ0n) is 16.4. The van der Waals surface area contributed by atoms with Crippen molar-refractivity contribution in [3.63, 3.8) is 0 Å². The van der Waals surface area contributed by atoms with E-state index < -0.39 is 9.84 Å². The Morgan fingerprint density at radius 1 is 1.11 bits per heavy atom. The molecule has 0 N–H and O–H groups in total. The van der Waals surface area contributed by atoms with Crippen LogP contribution in [0.3, 0.4) is 0 Å². The summed E-state index contributed by atoms with van der Waals surface area (Å²) in [6.45, 7) is 8.71. The van der Waals surface area contributed by atoms with Crippen molar-refractivity contribution in [2.75, 3.05) is 6.26 Å². The molecular weight excluding hydrogens is 376 g/mol. The Balaban J connectivity index is 2.01. The van der Waals surface area contributed by atoms with E-state index in [1.54, 1.807) is 29.5 Å². The number of sulfone groups is 1. The van der Waals surface area contributed by atoms with Crippen LogP contribution in [-0.4, -0.2) is 24.2 Å². The number of aromatic nitrogens is 2. The maximum absolute atomic E-state index is 11.8. The van der Waals surface area contributed by atoms with Crippen molar-refractivity contribution in [3.8, 4) is 15.4 Å². The van der Waals surface area contributed by atoms with Gasteiger partial charge in [-0.3, -0.25) is 4.57 Å². The van der Waals surface area contributed by atoms with Gasteiger partial charge in [-0.1, -0.05) is 39.8 Å². The van der Waals surface area contributed by atoms with Crippen molar-refractivity contribution in [1.82, 2.24) is 9.55 Å². The van der Waals surface area contributed by atoms with Crippen LogP contribution in [0.15, 0.2) is 47.5 Å². The second-order valence-corrected chi connectivity index (χ2v) is 10.7. The van der Waals surface area contributed by atoms with Crippen molar-refractivity contribution in [3.05, 3.63) is 54.1 Å². The van der Waals surface area contributed by atoms with Crippen molar-refractivity contribution in [2.24, 2.45) is 5.92 Å². The van der Waals surface area contributed by atoms with Gasteiger partial charge in [0.1, 0.15) is 10.8 Å².